The molecule has 132 valence electrons. The number of aliphatic carboxylic acids is 1. The third-order valence-corrected chi connectivity index (χ3v) is 3.74. The van der Waals surface area contributed by atoms with Crippen LogP contribution in [0.3, 0.4) is 0 Å². The summed E-state index contributed by atoms with van der Waals surface area (Å²) in [5.74, 6) is -3.08. The number of Topliss-reactive ketones (excluding diaryl/α,β-unsaturated/α-hetero) is 1. The maximum absolute atomic E-state index is 11.8. The van der Waals surface area contributed by atoms with Gasteiger partial charge in [-0.15, -0.1) is 0 Å². The van der Waals surface area contributed by atoms with Crippen LogP contribution in [-0.4, -0.2) is 80.8 Å². The van der Waals surface area contributed by atoms with Gasteiger partial charge in [-0.05, 0) is 6.92 Å². The summed E-state index contributed by atoms with van der Waals surface area (Å²) in [6.07, 6.45) is -6.96. The molecule has 1 heterocycles. The summed E-state index contributed by atoms with van der Waals surface area (Å²) >= 11 is 0. The van der Waals surface area contributed by atoms with E-state index in [2.05, 4.69) is 5.32 Å². The zero-order valence-electron chi connectivity index (χ0n) is 12.4. The molecule has 9 N–H and O–H groups in total. The van der Waals surface area contributed by atoms with Crippen molar-refractivity contribution in [3.63, 3.8) is 0 Å². The third-order valence-electron chi connectivity index (χ3n) is 3.74. The van der Waals surface area contributed by atoms with Gasteiger partial charge in [-0.1, -0.05) is 0 Å². The second-order valence-corrected chi connectivity index (χ2v) is 5.38. The lowest BCUT2D eigenvalue weighted by Crippen LogP contribution is -2.77. The number of hydrogen-bond acceptors (Lipinski definition) is 9. The largest absolute Gasteiger partial charge is 0.480 e. The van der Waals surface area contributed by atoms with E-state index in [1.165, 1.54) is 0 Å². The van der Waals surface area contributed by atoms with Crippen LogP contribution in [0.4, 0.5) is 0 Å². The fourth-order valence-corrected chi connectivity index (χ4v) is 2.20. The van der Waals surface area contributed by atoms with Crippen LogP contribution < -0.4 is 16.8 Å². The number of carboxylic acid groups (broad SMARTS) is 1. The van der Waals surface area contributed by atoms with E-state index in [0.29, 0.717) is 0 Å². The van der Waals surface area contributed by atoms with Gasteiger partial charge in [0.05, 0.1) is 13.0 Å². The lowest BCUT2D eigenvalue weighted by atomic mass is 9.80. The van der Waals surface area contributed by atoms with Crippen molar-refractivity contribution in [2.75, 3.05) is 6.61 Å². The average molecular weight is 335 g/mol. The molecule has 0 bridgehead atoms. The average Bonchev–Trinajstić information content (AvgIpc) is 2.47. The molecule has 1 amide bonds. The molecule has 0 radical (unpaired) electrons. The number of nitrogens with two attached hydrogens (primary N) is 2. The number of carbonyl (C=O) groups excluding carboxylic acids is 2. The molecule has 23 heavy (non-hydrogen) atoms. The van der Waals surface area contributed by atoms with Gasteiger partial charge in [0.25, 0.3) is 0 Å². The van der Waals surface area contributed by atoms with E-state index in [9.17, 15) is 24.6 Å². The summed E-state index contributed by atoms with van der Waals surface area (Å²) in [6, 6.07) is -1.48. The number of ether oxygens (including phenoxy) is 1. The molecule has 0 aliphatic carbocycles. The van der Waals surface area contributed by atoms with E-state index in [-0.39, 0.29) is 0 Å². The molecule has 1 aliphatic rings. The summed E-state index contributed by atoms with van der Waals surface area (Å²) in [6.45, 7) is 0.327. The Morgan fingerprint density at radius 2 is 1.91 bits per heavy atom. The Labute approximate surface area is 131 Å². The Morgan fingerprint density at radius 3 is 2.35 bits per heavy atom. The fraction of sp³-hybridized carbons (Fsp3) is 0.750. The molecule has 0 aromatic rings. The second-order valence-electron chi connectivity index (χ2n) is 5.38. The fourth-order valence-electron chi connectivity index (χ4n) is 2.20. The highest BCUT2D eigenvalue weighted by Gasteiger charge is 2.56. The Hall–Kier alpha value is -1.63. The summed E-state index contributed by atoms with van der Waals surface area (Å²) in [5.41, 5.74) is 8.86. The zero-order valence-corrected chi connectivity index (χ0v) is 12.4. The topological polar surface area (TPSA) is 205 Å². The van der Waals surface area contributed by atoms with Crippen molar-refractivity contribution in [1.82, 2.24) is 5.32 Å². The number of rotatable bonds is 6. The highest BCUT2D eigenvalue weighted by Crippen LogP contribution is 2.28. The highest BCUT2D eigenvalue weighted by atomic mass is 16.5. The van der Waals surface area contributed by atoms with Crippen molar-refractivity contribution in [2.24, 2.45) is 11.5 Å². The predicted molar refractivity (Wildman–Crippen MR) is 73.7 cm³/mol. The Kier molecular flexibility index (Phi) is 6.16. The zero-order chi connectivity index (χ0) is 17.9. The number of hydrogen-bond donors (Lipinski definition) is 7. The molecule has 1 rings (SSSR count). The van der Waals surface area contributed by atoms with Gasteiger partial charge in [-0.3, -0.25) is 14.4 Å². The van der Waals surface area contributed by atoms with Crippen LogP contribution in [0.1, 0.15) is 13.3 Å². The van der Waals surface area contributed by atoms with Gasteiger partial charge in [0, 0.05) is 0 Å². The van der Waals surface area contributed by atoms with Crippen molar-refractivity contribution in [2.45, 2.75) is 49.5 Å². The second kappa shape index (κ2) is 7.29. The number of nitrogens with one attached hydrogen (secondary N) is 1. The van der Waals surface area contributed by atoms with E-state index < -0.39 is 66.8 Å². The van der Waals surface area contributed by atoms with Gasteiger partial charge in [-0.25, -0.2) is 0 Å². The normalized spacial score (nSPS) is 35.4. The number of carboxylic acids is 1. The molecular formula is C12H21N3O8. The Bertz CT molecular complexity index is 487. The minimum Gasteiger partial charge on any atom is -0.480 e. The molecular weight excluding hydrogens is 314 g/mol. The van der Waals surface area contributed by atoms with Crippen LogP contribution in [0.5, 0.6) is 0 Å². The molecule has 1 saturated heterocycles. The van der Waals surface area contributed by atoms with Crippen molar-refractivity contribution in [1.29, 1.82) is 0 Å². The summed E-state index contributed by atoms with van der Waals surface area (Å²) in [4.78, 5) is 34.2. The van der Waals surface area contributed by atoms with Gasteiger partial charge in [-0.2, -0.15) is 0 Å². The van der Waals surface area contributed by atoms with Gasteiger partial charge >= 0.3 is 5.97 Å². The predicted octanol–water partition coefficient (Wildman–Crippen LogP) is -4.37. The number of ketones is 1. The van der Waals surface area contributed by atoms with E-state index in [1.807, 2.05) is 0 Å². The molecule has 1 aliphatic heterocycles. The van der Waals surface area contributed by atoms with Crippen molar-refractivity contribution in [3.8, 4) is 0 Å². The molecule has 6 atom stereocenters. The van der Waals surface area contributed by atoms with Crippen molar-refractivity contribution >= 4 is 17.7 Å². The number of aliphatic hydroxyl groups is 3. The number of amides is 1. The molecule has 11 nitrogen and oxygen atoms in total. The van der Waals surface area contributed by atoms with Gasteiger partial charge < -0.3 is 41.9 Å². The van der Waals surface area contributed by atoms with Crippen molar-refractivity contribution in [3.05, 3.63) is 0 Å². The SMILES string of the molecule is CC(=O)[C@]1(N)C(NC(=O)C[C@H](N)C(=O)O)O[C@H](CO)[C@@H](O)[C@@H]1O. The lowest BCUT2D eigenvalue weighted by Gasteiger charge is -2.47. The lowest BCUT2D eigenvalue weighted by molar-refractivity contribution is -0.221. The number of aliphatic hydroxyl groups excluding tert-OH is 3. The maximum Gasteiger partial charge on any atom is 0.321 e. The summed E-state index contributed by atoms with van der Waals surface area (Å²) < 4.78 is 5.18. The van der Waals surface area contributed by atoms with Crippen LogP contribution >= 0.6 is 0 Å². The third kappa shape index (κ3) is 3.83. The maximum atomic E-state index is 11.8. The minimum atomic E-state index is -2.17. The first-order valence-corrected chi connectivity index (χ1v) is 6.75. The quantitative estimate of drug-likeness (QED) is 0.248. The van der Waals surface area contributed by atoms with E-state index in [0.717, 1.165) is 6.92 Å². The van der Waals surface area contributed by atoms with Gasteiger partial charge in [0.1, 0.15) is 29.9 Å². The van der Waals surface area contributed by atoms with E-state index in [4.69, 9.17) is 26.4 Å². The molecule has 0 saturated carbocycles. The molecule has 0 spiro atoms. The Balaban J connectivity index is 2.97. The van der Waals surface area contributed by atoms with Gasteiger partial charge in [0.2, 0.25) is 5.91 Å². The minimum absolute atomic E-state index is 0.619. The smallest absolute Gasteiger partial charge is 0.321 e. The monoisotopic (exact) mass is 335 g/mol. The standard InChI is InChI=1S/C12H21N3O8/c1-4(17)12(14)9(20)8(19)6(3-16)23-11(12)15-7(18)2-5(13)10(21)22/h5-6,8-9,11,16,19-20H,2-3,13-14H2,1H3,(H,15,18)(H,21,22)/t5-,6+,8+,9-,11?,12+/m0/s1. The van der Waals surface area contributed by atoms with Crippen LogP contribution in [0.2, 0.25) is 0 Å². The number of carbonyl (C=O) groups is 3. The van der Waals surface area contributed by atoms with Crippen LogP contribution in [0, 0.1) is 0 Å². The first-order valence-electron chi connectivity index (χ1n) is 6.75. The molecule has 1 fully saturated rings. The molecule has 1 unspecified atom stereocenters. The highest BCUT2D eigenvalue weighted by molar-refractivity contribution is 5.89. The molecule has 0 aromatic heterocycles. The molecule has 11 heteroatoms. The first-order chi connectivity index (χ1) is 10.5. The molecule has 0 aromatic carbocycles. The van der Waals surface area contributed by atoms with Gasteiger partial charge in [0.15, 0.2) is 12.0 Å². The summed E-state index contributed by atoms with van der Waals surface area (Å²) in [5, 5.41) is 39.8. The van der Waals surface area contributed by atoms with E-state index in [1.54, 1.807) is 0 Å². The van der Waals surface area contributed by atoms with E-state index >= 15 is 0 Å². The van der Waals surface area contributed by atoms with Crippen molar-refractivity contribution < 1.29 is 39.5 Å². The van der Waals surface area contributed by atoms with Crippen LogP contribution in [0.25, 0.3) is 0 Å². The van der Waals surface area contributed by atoms with Crippen LogP contribution in [0.15, 0.2) is 0 Å². The summed E-state index contributed by atoms with van der Waals surface area (Å²) in [7, 11) is 0. The van der Waals surface area contributed by atoms with Crippen LogP contribution in [-0.2, 0) is 19.1 Å². The first kappa shape index (κ1) is 19.4. The Morgan fingerprint density at radius 1 is 1.35 bits per heavy atom.